The minimum Gasteiger partial charge on any atom is -0.444 e. The number of fused-ring (bicyclic) bond motifs is 1. The molecule has 1 saturated heterocycles. The molecule has 1 aliphatic rings. The number of amides is 1. The zero-order valence-electron chi connectivity index (χ0n) is 24.3. The van der Waals surface area contributed by atoms with E-state index in [4.69, 9.17) is 4.74 Å². The number of aliphatic hydroxyl groups excluding tert-OH is 1. The smallest absolute Gasteiger partial charge is 0.410 e. The number of hydrogen-bond acceptors (Lipinski definition) is 7. The molecule has 0 bridgehead atoms. The van der Waals surface area contributed by atoms with E-state index >= 15 is 0 Å². The highest BCUT2D eigenvalue weighted by molar-refractivity contribution is 7.90. The van der Waals surface area contributed by atoms with Crippen LogP contribution in [-0.2, 0) is 14.8 Å². The summed E-state index contributed by atoms with van der Waals surface area (Å²) in [7, 11) is -4.05. The van der Waals surface area contributed by atoms with Crippen LogP contribution in [0.4, 0.5) is 9.18 Å². The molecule has 2 aromatic carbocycles. The number of rotatable bonds is 5. The largest absolute Gasteiger partial charge is 0.444 e. The monoisotopic (exact) mass is 594 g/mol. The molecular weight excluding hydrogens is 559 g/mol. The number of halogens is 1. The number of benzene rings is 2. The average molecular weight is 595 g/mol. The number of piperidine rings is 1. The third-order valence-corrected chi connectivity index (χ3v) is 9.12. The summed E-state index contributed by atoms with van der Waals surface area (Å²) in [6.45, 7) is 10.0. The summed E-state index contributed by atoms with van der Waals surface area (Å²) < 4.78 is 48.1. The lowest BCUT2D eigenvalue weighted by atomic mass is 9.90. The molecule has 2 aromatic heterocycles. The average Bonchev–Trinajstić information content (AvgIpc) is 3.28. The second-order valence-electron chi connectivity index (χ2n) is 11.9. The number of nitrogens with zero attached hydrogens (tertiary/aromatic N) is 4. The standard InChI is InChI=1S/C31H35FN4O5S/c1-19-8-11-23(12-9-19)42(39,40)36-18-25(32)24-13-10-21(16-27(24)36)28-20(2)15-26(33-34-28)29(37)22-7-6-14-35(17-22)30(38)41-31(3,4)5/h8-13,15-16,18,22,29,37H,6-7,14,17H2,1-5H3. The Morgan fingerprint density at radius 1 is 1.10 bits per heavy atom. The first-order valence-corrected chi connectivity index (χ1v) is 15.3. The minimum absolute atomic E-state index is 0.0534. The number of aliphatic hydroxyl groups is 1. The molecule has 5 rings (SSSR count). The molecule has 222 valence electrons. The molecule has 2 unspecified atom stereocenters. The topological polar surface area (TPSA) is 115 Å². The highest BCUT2D eigenvalue weighted by Gasteiger charge is 2.32. The van der Waals surface area contributed by atoms with Gasteiger partial charge in [0.05, 0.1) is 28.0 Å². The van der Waals surface area contributed by atoms with Crippen molar-refractivity contribution in [3.8, 4) is 11.3 Å². The van der Waals surface area contributed by atoms with E-state index in [1.54, 1.807) is 35.2 Å². The first kappa shape index (κ1) is 29.7. The quantitative estimate of drug-likeness (QED) is 0.312. The van der Waals surface area contributed by atoms with Gasteiger partial charge in [0.2, 0.25) is 0 Å². The van der Waals surface area contributed by atoms with E-state index in [1.165, 1.54) is 18.2 Å². The first-order chi connectivity index (χ1) is 19.7. The Kier molecular flexibility index (Phi) is 7.84. The van der Waals surface area contributed by atoms with Crippen LogP contribution in [0.1, 0.15) is 56.5 Å². The summed E-state index contributed by atoms with van der Waals surface area (Å²) in [5, 5.41) is 20.0. The second-order valence-corrected chi connectivity index (χ2v) is 13.7. The molecular formula is C31H35FN4O5S. The first-order valence-electron chi connectivity index (χ1n) is 13.9. The lowest BCUT2D eigenvalue weighted by molar-refractivity contribution is 0.00158. The fraction of sp³-hybridized carbons (Fsp3) is 0.387. The number of carbonyl (C=O) groups excluding carboxylic acids is 1. The molecule has 0 saturated carbocycles. The van der Waals surface area contributed by atoms with Crippen molar-refractivity contribution in [2.75, 3.05) is 13.1 Å². The summed E-state index contributed by atoms with van der Waals surface area (Å²) >= 11 is 0. The van der Waals surface area contributed by atoms with Crippen molar-refractivity contribution in [1.29, 1.82) is 0 Å². The third-order valence-electron chi connectivity index (χ3n) is 7.44. The maximum absolute atomic E-state index is 14.8. The second kappa shape index (κ2) is 11.1. The Bertz CT molecular complexity index is 1750. The van der Waals surface area contributed by atoms with Gasteiger partial charge in [-0.2, -0.15) is 5.10 Å². The Balaban J connectivity index is 1.42. The summed E-state index contributed by atoms with van der Waals surface area (Å²) in [6, 6.07) is 12.9. The van der Waals surface area contributed by atoms with Crippen LogP contribution in [0.2, 0.25) is 0 Å². The fourth-order valence-corrected chi connectivity index (χ4v) is 6.61. The van der Waals surface area contributed by atoms with Crippen molar-refractivity contribution in [3.05, 3.63) is 77.4 Å². The van der Waals surface area contributed by atoms with Crippen LogP contribution < -0.4 is 0 Å². The predicted octanol–water partition coefficient (Wildman–Crippen LogP) is 5.77. The van der Waals surface area contributed by atoms with Crippen LogP contribution in [0.15, 0.2) is 59.6 Å². The molecule has 1 fully saturated rings. The van der Waals surface area contributed by atoms with Gasteiger partial charge in [-0.3, -0.25) is 0 Å². The van der Waals surface area contributed by atoms with Gasteiger partial charge in [-0.1, -0.05) is 23.8 Å². The zero-order chi connectivity index (χ0) is 30.4. The summed E-state index contributed by atoms with van der Waals surface area (Å²) in [5.41, 5.74) is 2.60. The molecule has 11 heteroatoms. The summed E-state index contributed by atoms with van der Waals surface area (Å²) in [6.07, 6.45) is 1.08. The normalized spacial score (nSPS) is 16.9. The Morgan fingerprint density at radius 3 is 2.48 bits per heavy atom. The van der Waals surface area contributed by atoms with Crippen LogP contribution in [0.25, 0.3) is 22.2 Å². The van der Waals surface area contributed by atoms with E-state index in [9.17, 15) is 22.7 Å². The van der Waals surface area contributed by atoms with Crippen LogP contribution >= 0.6 is 0 Å². The molecule has 42 heavy (non-hydrogen) atoms. The van der Waals surface area contributed by atoms with E-state index < -0.39 is 33.6 Å². The molecule has 0 aliphatic carbocycles. The van der Waals surface area contributed by atoms with Crippen molar-refractivity contribution in [1.82, 2.24) is 19.1 Å². The van der Waals surface area contributed by atoms with Gasteiger partial charge in [-0.05, 0) is 83.4 Å². The van der Waals surface area contributed by atoms with Crippen molar-refractivity contribution in [3.63, 3.8) is 0 Å². The van der Waals surface area contributed by atoms with Crippen LogP contribution in [0.3, 0.4) is 0 Å². The van der Waals surface area contributed by atoms with Gasteiger partial charge < -0.3 is 14.7 Å². The number of likely N-dealkylation sites (tertiary alicyclic amines) is 1. The highest BCUT2D eigenvalue weighted by Crippen LogP contribution is 2.33. The lowest BCUT2D eigenvalue weighted by Gasteiger charge is -2.35. The maximum Gasteiger partial charge on any atom is 0.410 e. The van der Waals surface area contributed by atoms with E-state index in [1.807, 2.05) is 34.6 Å². The van der Waals surface area contributed by atoms with Gasteiger partial charge in [0.15, 0.2) is 0 Å². The van der Waals surface area contributed by atoms with Crippen molar-refractivity contribution in [2.24, 2.45) is 5.92 Å². The van der Waals surface area contributed by atoms with Gasteiger partial charge in [0, 0.05) is 30.0 Å². The summed E-state index contributed by atoms with van der Waals surface area (Å²) in [4.78, 5) is 14.2. The number of ether oxygens (including phenoxy) is 1. The number of aromatic nitrogens is 3. The molecule has 2 atom stereocenters. The number of aryl methyl sites for hydroxylation is 2. The Labute approximate surface area is 245 Å². The molecule has 1 N–H and O–H groups in total. The zero-order valence-corrected chi connectivity index (χ0v) is 25.2. The van der Waals surface area contributed by atoms with Crippen LogP contribution in [0, 0.1) is 25.6 Å². The van der Waals surface area contributed by atoms with E-state index in [0.29, 0.717) is 35.6 Å². The predicted molar refractivity (Wildman–Crippen MR) is 157 cm³/mol. The number of hydrogen-bond donors (Lipinski definition) is 1. The summed E-state index contributed by atoms with van der Waals surface area (Å²) in [5.74, 6) is -0.887. The van der Waals surface area contributed by atoms with Crippen LogP contribution in [0.5, 0.6) is 0 Å². The van der Waals surface area contributed by atoms with Gasteiger partial charge in [0.25, 0.3) is 10.0 Å². The lowest BCUT2D eigenvalue weighted by Crippen LogP contribution is -2.44. The van der Waals surface area contributed by atoms with Gasteiger partial charge in [0.1, 0.15) is 17.5 Å². The molecule has 3 heterocycles. The van der Waals surface area contributed by atoms with E-state index in [2.05, 4.69) is 10.2 Å². The van der Waals surface area contributed by atoms with Crippen molar-refractivity contribution < 1.29 is 27.4 Å². The highest BCUT2D eigenvalue weighted by atomic mass is 32.2. The fourth-order valence-electron chi connectivity index (χ4n) is 5.27. The van der Waals surface area contributed by atoms with Crippen molar-refractivity contribution >= 4 is 27.0 Å². The third kappa shape index (κ3) is 5.89. The van der Waals surface area contributed by atoms with E-state index in [-0.39, 0.29) is 21.7 Å². The van der Waals surface area contributed by atoms with Gasteiger partial charge in [-0.25, -0.2) is 21.6 Å². The SMILES string of the molecule is Cc1ccc(S(=O)(=O)n2cc(F)c3ccc(-c4nnc(C(O)C5CCCN(C(=O)OC(C)(C)C)C5)cc4C)cc32)cc1. The maximum atomic E-state index is 14.8. The Hall–Kier alpha value is -3.83. The molecule has 1 amide bonds. The minimum atomic E-state index is -4.05. The van der Waals surface area contributed by atoms with Crippen molar-refractivity contribution in [2.45, 2.75) is 64.1 Å². The molecule has 0 radical (unpaired) electrons. The number of carbonyl (C=O) groups is 1. The molecule has 0 spiro atoms. The van der Waals surface area contributed by atoms with Gasteiger partial charge in [-0.15, -0.1) is 5.10 Å². The molecule has 9 nitrogen and oxygen atoms in total. The van der Waals surface area contributed by atoms with Crippen LogP contribution in [-0.4, -0.2) is 57.4 Å². The molecule has 4 aromatic rings. The van der Waals surface area contributed by atoms with Gasteiger partial charge >= 0.3 is 6.09 Å². The molecule has 1 aliphatic heterocycles. The van der Waals surface area contributed by atoms with E-state index in [0.717, 1.165) is 28.6 Å². The Morgan fingerprint density at radius 2 is 1.81 bits per heavy atom.